The first kappa shape index (κ1) is 35.3. The Morgan fingerprint density at radius 2 is 1.94 bits per heavy atom. The highest BCUT2D eigenvalue weighted by molar-refractivity contribution is 7.91. The zero-order valence-corrected chi connectivity index (χ0v) is 30.0. The van der Waals surface area contributed by atoms with Crippen LogP contribution < -0.4 is 14.8 Å². The molecule has 3 amide bonds. The summed E-state index contributed by atoms with van der Waals surface area (Å²) in [6.07, 6.45) is 8.56. The molecular formula is C36H45FN6O7S. The predicted molar refractivity (Wildman–Crippen MR) is 185 cm³/mol. The van der Waals surface area contributed by atoms with Gasteiger partial charge in [-0.3, -0.25) is 19.1 Å². The summed E-state index contributed by atoms with van der Waals surface area (Å²) in [7, 11) is -3.87. The molecule has 3 fully saturated rings. The zero-order valence-electron chi connectivity index (χ0n) is 29.2. The number of rotatable bonds is 7. The van der Waals surface area contributed by atoms with E-state index in [0.717, 1.165) is 37.0 Å². The molecule has 1 aromatic carbocycles. The monoisotopic (exact) mass is 724 g/mol. The van der Waals surface area contributed by atoms with Crippen molar-refractivity contribution in [2.24, 2.45) is 5.92 Å². The Bertz CT molecular complexity index is 1900. The van der Waals surface area contributed by atoms with E-state index in [1.807, 2.05) is 32.9 Å². The molecule has 3 aliphatic heterocycles. The molecule has 5 aliphatic rings. The van der Waals surface area contributed by atoms with Gasteiger partial charge < -0.3 is 19.8 Å². The minimum Gasteiger partial charge on any atom is -0.471 e. The van der Waals surface area contributed by atoms with Gasteiger partial charge in [-0.05, 0) is 76.5 Å². The Kier molecular flexibility index (Phi) is 9.54. The fraction of sp³-hybridized carbons (Fsp3) is 0.583. The number of hydrogen-bond donors (Lipinski definition) is 2. The highest BCUT2D eigenvalue weighted by Crippen LogP contribution is 2.46. The molecule has 51 heavy (non-hydrogen) atoms. The molecule has 0 spiro atoms. The fourth-order valence-corrected chi connectivity index (χ4v) is 8.68. The number of ether oxygens (including phenoxy) is 1. The first-order valence-electron chi connectivity index (χ1n) is 18.0. The molecule has 2 aliphatic carbocycles. The molecule has 2 aromatic rings. The molecule has 13 nitrogen and oxygen atoms in total. The van der Waals surface area contributed by atoms with Crippen LogP contribution in [0.3, 0.4) is 0 Å². The summed E-state index contributed by atoms with van der Waals surface area (Å²) in [5.41, 5.74) is 0.478. The molecular weight excluding hydrogens is 679 g/mol. The van der Waals surface area contributed by atoms with Crippen LogP contribution >= 0.6 is 0 Å². The number of benzene rings is 1. The highest BCUT2D eigenvalue weighted by Gasteiger charge is 2.62. The van der Waals surface area contributed by atoms with E-state index in [-0.39, 0.29) is 36.7 Å². The van der Waals surface area contributed by atoms with Crippen LogP contribution in [0.1, 0.15) is 84.3 Å². The fourth-order valence-electron chi connectivity index (χ4n) is 7.31. The van der Waals surface area contributed by atoms with Crippen molar-refractivity contribution in [2.45, 2.75) is 114 Å². The molecule has 4 heterocycles. The molecule has 0 unspecified atom stereocenters. The van der Waals surface area contributed by atoms with Gasteiger partial charge in [0.05, 0.1) is 23.9 Å². The third-order valence-electron chi connectivity index (χ3n) is 10.7. The predicted octanol–water partition coefficient (Wildman–Crippen LogP) is 3.59. The van der Waals surface area contributed by atoms with Crippen LogP contribution in [-0.4, -0.2) is 88.1 Å². The summed E-state index contributed by atoms with van der Waals surface area (Å²) in [4.78, 5) is 59.3. The number of hydrogen-bond acceptors (Lipinski definition) is 10. The van der Waals surface area contributed by atoms with Crippen molar-refractivity contribution in [3.63, 3.8) is 0 Å². The second kappa shape index (κ2) is 13.8. The van der Waals surface area contributed by atoms with E-state index in [1.165, 1.54) is 11.0 Å². The van der Waals surface area contributed by atoms with E-state index < -0.39 is 62.5 Å². The Morgan fingerprint density at radius 3 is 2.67 bits per heavy atom. The van der Waals surface area contributed by atoms with Gasteiger partial charge in [-0.1, -0.05) is 38.0 Å². The van der Waals surface area contributed by atoms with Crippen LogP contribution in [0.4, 0.5) is 4.39 Å². The smallest absolute Gasteiger partial charge is 0.259 e. The van der Waals surface area contributed by atoms with E-state index in [4.69, 9.17) is 9.57 Å². The van der Waals surface area contributed by atoms with Crippen molar-refractivity contribution in [1.82, 2.24) is 30.0 Å². The number of nitrogens with zero attached hydrogens (tertiary/aromatic N) is 4. The van der Waals surface area contributed by atoms with Gasteiger partial charge in [-0.25, -0.2) is 22.8 Å². The number of carbonyl (C=O) groups excluding carboxylic acids is 3. The Balaban J connectivity index is 1.21. The first-order valence-corrected chi connectivity index (χ1v) is 19.5. The van der Waals surface area contributed by atoms with Crippen LogP contribution in [0.15, 0.2) is 41.7 Å². The van der Waals surface area contributed by atoms with Crippen molar-refractivity contribution >= 4 is 38.8 Å². The number of fused-ring (bicyclic) bond motifs is 3. The summed E-state index contributed by atoms with van der Waals surface area (Å²) in [5.74, 6) is -1.78. The Labute approximate surface area is 297 Å². The number of amides is 3. The molecule has 1 aromatic heterocycles. The van der Waals surface area contributed by atoms with Gasteiger partial charge in [0.25, 0.3) is 5.91 Å². The van der Waals surface area contributed by atoms with E-state index in [9.17, 15) is 27.2 Å². The molecule has 1 saturated heterocycles. The number of hydroxylamine groups is 2. The van der Waals surface area contributed by atoms with Crippen molar-refractivity contribution < 1.29 is 36.8 Å². The van der Waals surface area contributed by atoms with Crippen LogP contribution in [0.2, 0.25) is 0 Å². The lowest BCUT2D eigenvalue weighted by Crippen LogP contribution is -2.58. The minimum absolute atomic E-state index is 0.0192. The van der Waals surface area contributed by atoms with E-state index in [2.05, 4.69) is 20.0 Å². The van der Waals surface area contributed by atoms with E-state index >= 15 is 0 Å². The van der Waals surface area contributed by atoms with Crippen molar-refractivity contribution in [3.05, 3.63) is 53.2 Å². The normalized spacial score (nSPS) is 29.8. The number of halogens is 1. The van der Waals surface area contributed by atoms with Crippen LogP contribution in [0, 0.1) is 11.7 Å². The quantitative estimate of drug-likeness (QED) is 0.404. The molecule has 0 radical (unpaired) electrons. The SMILES string of the molecule is CCc1nc2cccc(F)c2nc1O[C@@H]1C[C@H]2C(=O)N[C@]3(C(=O)NS(=O)(=O)C4CC4)C[C@H]3/C=C\CCCCC[C@H](N3CC(C)=C(C)O3)C(=O)N2C1. The molecule has 15 heteroatoms. The number of allylic oxidation sites excluding steroid dienone is 2. The number of aryl methyl sites for hydroxylation is 1. The van der Waals surface area contributed by atoms with Crippen LogP contribution in [0.25, 0.3) is 11.0 Å². The van der Waals surface area contributed by atoms with Gasteiger partial charge in [-0.15, -0.1) is 5.06 Å². The van der Waals surface area contributed by atoms with Crippen molar-refractivity contribution in [2.75, 3.05) is 13.1 Å². The van der Waals surface area contributed by atoms with Crippen molar-refractivity contribution in [3.8, 4) is 5.88 Å². The Hall–Kier alpha value is -4.11. The summed E-state index contributed by atoms with van der Waals surface area (Å²) in [6.45, 7) is 6.14. The second-order valence-electron chi connectivity index (χ2n) is 14.5. The standard InChI is InChI=1S/C36H45FN6O7S/c1-4-27-33(39-31-26(37)12-10-13-28(31)38-27)49-24-17-30-32(44)40-36(35(46)41-51(47,48)25-15-16-25)18-23(36)11-8-6-5-7-9-14-29(34(45)42(30)20-24)43-19-21(2)22(3)50-43/h8,10-13,23-25,29-30H,4-7,9,14-20H2,1-3H3,(H,40,44)(H,41,46)/b11-8-/t23-,24-,29+,30+,36-/m1/s1. The lowest BCUT2D eigenvalue weighted by Gasteiger charge is -2.32. The summed E-state index contributed by atoms with van der Waals surface area (Å²) < 4.78 is 49.0. The zero-order chi connectivity index (χ0) is 36.1. The number of nitrogens with one attached hydrogen (secondary N) is 2. The number of carbonyl (C=O) groups is 3. The minimum atomic E-state index is -3.87. The molecule has 0 bridgehead atoms. The van der Waals surface area contributed by atoms with Gasteiger partial charge >= 0.3 is 0 Å². The molecule has 2 N–H and O–H groups in total. The van der Waals surface area contributed by atoms with Crippen LogP contribution in [-0.2, 0) is 35.7 Å². The van der Waals surface area contributed by atoms with Gasteiger partial charge in [-0.2, -0.15) is 0 Å². The summed E-state index contributed by atoms with van der Waals surface area (Å²) >= 11 is 0. The van der Waals surface area contributed by atoms with Gasteiger partial charge in [0.15, 0.2) is 5.82 Å². The maximum absolute atomic E-state index is 14.8. The van der Waals surface area contributed by atoms with Gasteiger partial charge in [0, 0.05) is 12.3 Å². The third kappa shape index (κ3) is 7.06. The largest absolute Gasteiger partial charge is 0.471 e. The number of sulfonamides is 1. The van der Waals surface area contributed by atoms with Crippen LogP contribution in [0.5, 0.6) is 5.88 Å². The second-order valence-corrected chi connectivity index (χ2v) is 16.4. The van der Waals surface area contributed by atoms with E-state index in [1.54, 1.807) is 17.2 Å². The van der Waals surface area contributed by atoms with E-state index in [0.29, 0.717) is 43.4 Å². The summed E-state index contributed by atoms with van der Waals surface area (Å²) in [5, 5.41) is 3.96. The Morgan fingerprint density at radius 1 is 1.14 bits per heavy atom. The lowest BCUT2D eigenvalue weighted by molar-refractivity contribution is -0.166. The maximum atomic E-state index is 14.8. The average molecular weight is 725 g/mol. The summed E-state index contributed by atoms with van der Waals surface area (Å²) in [6, 6.07) is 2.78. The molecule has 7 rings (SSSR count). The van der Waals surface area contributed by atoms with Gasteiger partial charge in [0.2, 0.25) is 27.7 Å². The van der Waals surface area contributed by atoms with Gasteiger partial charge in [0.1, 0.15) is 40.7 Å². The maximum Gasteiger partial charge on any atom is 0.259 e. The number of aromatic nitrogens is 2. The molecule has 5 atom stereocenters. The topological polar surface area (TPSA) is 160 Å². The lowest BCUT2D eigenvalue weighted by atomic mass is 10.0. The molecule has 274 valence electrons. The number of para-hydroxylation sites is 1. The third-order valence-corrected chi connectivity index (χ3v) is 12.5. The average Bonchev–Trinajstić information content (AvgIpc) is 4.00. The first-order chi connectivity index (χ1) is 24.4. The molecule has 2 saturated carbocycles. The van der Waals surface area contributed by atoms with Crippen molar-refractivity contribution in [1.29, 1.82) is 0 Å². The highest BCUT2D eigenvalue weighted by atomic mass is 32.2.